The number of amides is 1. The number of aryl methyl sites for hydroxylation is 1. The number of para-hydroxylation sites is 1. The summed E-state index contributed by atoms with van der Waals surface area (Å²) in [4.78, 5) is 36.5. The highest BCUT2D eigenvalue weighted by molar-refractivity contribution is 7.92. The summed E-state index contributed by atoms with van der Waals surface area (Å²) in [6.45, 7) is 4.49. The van der Waals surface area contributed by atoms with Gasteiger partial charge in [-0.2, -0.15) is 0 Å². The van der Waals surface area contributed by atoms with Crippen LogP contribution in [0.5, 0.6) is 0 Å². The number of anilines is 1. The van der Waals surface area contributed by atoms with Crippen LogP contribution in [0.3, 0.4) is 0 Å². The van der Waals surface area contributed by atoms with Crippen molar-refractivity contribution in [3.63, 3.8) is 0 Å². The van der Waals surface area contributed by atoms with Crippen LogP contribution >= 0.6 is 0 Å². The van der Waals surface area contributed by atoms with Gasteiger partial charge in [0.1, 0.15) is 11.9 Å². The predicted octanol–water partition coefficient (Wildman–Crippen LogP) is 2.80. The van der Waals surface area contributed by atoms with Crippen LogP contribution in [-0.4, -0.2) is 46.0 Å². The van der Waals surface area contributed by atoms with Gasteiger partial charge >= 0.3 is 11.9 Å². The molecule has 11 heteroatoms. The van der Waals surface area contributed by atoms with Gasteiger partial charge in [0, 0.05) is 0 Å². The summed E-state index contributed by atoms with van der Waals surface area (Å²) in [5, 5.41) is 2.46. The largest absolute Gasteiger partial charge is 0.467 e. The van der Waals surface area contributed by atoms with Gasteiger partial charge in [-0.3, -0.25) is 9.52 Å². The number of carbonyl (C=O) groups is 3. The first-order valence-corrected chi connectivity index (χ1v) is 11.8. The van der Waals surface area contributed by atoms with Crippen molar-refractivity contribution in [3.05, 3.63) is 59.4 Å². The first-order chi connectivity index (χ1) is 15.9. The number of rotatable bonds is 10. The zero-order valence-corrected chi connectivity index (χ0v) is 20.1. The van der Waals surface area contributed by atoms with E-state index in [1.807, 2.05) is 13.8 Å². The van der Waals surface area contributed by atoms with E-state index in [0.717, 1.165) is 18.2 Å². The summed E-state index contributed by atoms with van der Waals surface area (Å²) in [5.74, 6) is -2.78. The first-order valence-electron chi connectivity index (χ1n) is 10.4. The summed E-state index contributed by atoms with van der Waals surface area (Å²) in [6, 6.07) is 7.99. The van der Waals surface area contributed by atoms with Crippen LogP contribution < -0.4 is 10.0 Å². The minimum absolute atomic E-state index is 0.0797. The summed E-state index contributed by atoms with van der Waals surface area (Å²) in [5.41, 5.74) is -0.0278. The number of halogens is 1. The molecule has 1 unspecified atom stereocenters. The molecule has 184 valence electrons. The van der Waals surface area contributed by atoms with Gasteiger partial charge < -0.3 is 14.8 Å². The molecule has 0 saturated heterocycles. The molecule has 2 rings (SSSR count). The minimum Gasteiger partial charge on any atom is -0.467 e. The van der Waals surface area contributed by atoms with E-state index in [1.165, 1.54) is 38.3 Å². The molecule has 0 fully saturated rings. The Morgan fingerprint density at radius 1 is 1.09 bits per heavy atom. The lowest BCUT2D eigenvalue weighted by molar-refractivity contribution is -0.145. The number of esters is 2. The Hall–Kier alpha value is -3.47. The number of carbonyl (C=O) groups excluding carboxylic acids is 3. The van der Waals surface area contributed by atoms with E-state index < -0.39 is 46.3 Å². The van der Waals surface area contributed by atoms with Crippen molar-refractivity contribution in [1.29, 1.82) is 0 Å². The van der Waals surface area contributed by atoms with Crippen molar-refractivity contribution in [2.75, 3.05) is 18.4 Å². The van der Waals surface area contributed by atoms with E-state index in [2.05, 4.69) is 14.8 Å². The lowest BCUT2D eigenvalue weighted by Crippen LogP contribution is -2.44. The molecule has 9 nitrogen and oxygen atoms in total. The van der Waals surface area contributed by atoms with Crippen LogP contribution in [0.25, 0.3) is 0 Å². The van der Waals surface area contributed by atoms with Crippen molar-refractivity contribution in [3.8, 4) is 0 Å². The van der Waals surface area contributed by atoms with Gasteiger partial charge in [-0.05, 0) is 55.2 Å². The normalized spacial score (nSPS) is 12.1. The highest BCUT2D eigenvalue weighted by Crippen LogP contribution is 2.23. The molecule has 0 saturated carbocycles. The highest BCUT2D eigenvalue weighted by Gasteiger charge is 2.24. The number of hydrogen-bond acceptors (Lipinski definition) is 7. The second-order valence-electron chi connectivity index (χ2n) is 7.91. The lowest BCUT2D eigenvalue weighted by atomic mass is 10.0. The third kappa shape index (κ3) is 7.27. The zero-order valence-electron chi connectivity index (χ0n) is 19.3. The second-order valence-corrected chi connectivity index (χ2v) is 9.56. The molecule has 0 bridgehead atoms. The van der Waals surface area contributed by atoms with Gasteiger partial charge in [-0.1, -0.05) is 26.0 Å². The minimum atomic E-state index is -4.14. The van der Waals surface area contributed by atoms with E-state index >= 15 is 0 Å². The number of ether oxygens (including phenoxy) is 2. The van der Waals surface area contributed by atoms with E-state index in [1.54, 1.807) is 0 Å². The van der Waals surface area contributed by atoms with Crippen LogP contribution in [0, 0.1) is 18.7 Å². The van der Waals surface area contributed by atoms with E-state index in [9.17, 15) is 27.2 Å². The van der Waals surface area contributed by atoms with E-state index in [0.29, 0.717) is 6.42 Å². The fourth-order valence-electron chi connectivity index (χ4n) is 3.14. The second kappa shape index (κ2) is 11.6. The van der Waals surface area contributed by atoms with Gasteiger partial charge in [-0.25, -0.2) is 22.4 Å². The molecular weight excluding hydrogens is 467 g/mol. The van der Waals surface area contributed by atoms with Crippen LogP contribution in [0.2, 0.25) is 0 Å². The molecule has 0 spiro atoms. The Balaban J connectivity index is 2.12. The smallest absolute Gasteiger partial charge is 0.340 e. The SMILES string of the molecule is COC(=O)C(CC(C)C)NC(=O)COC(=O)c1ccccc1NS(=O)(=O)c1ccc(F)cc1C. The number of sulfonamides is 1. The van der Waals surface area contributed by atoms with Crippen LogP contribution in [0.1, 0.15) is 36.2 Å². The summed E-state index contributed by atoms with van der Waals surface area (Å²) in [6.07, 6.45) is 0.333. The molecule has 0 aliphatic rings. The zero-order chi connectivity index (χ0) is 25.5. The van der Waals surface area contributed by atoms with Crippen LogP contribution in [0.15, 0.2) is 47.4 Å². The third-order valence-corrected chi connectivity index (χ3v) is 6.21. The molecule has 0 radical (unpaired) electrons. The van der Waals surface area contributed by atoms with Gasteiger partial charge in [0.2, 0.25) is 0 Å². The van der Waals surface area contributed by atoms with Crippen molar-refractivity contribution in [2.24, 2.45) is 5.92 Å². The number of benzene rings is 2. The molecule has 0 heterocycles. The predicted molar refractivity (Wildman–Crippen MR) is 122 cm³/mol. The Morgan fingerprint density at radius 2 is 1.76 bits per heavy atom. The molecule has 0 aliphatic heterocycles. The average molecular weight is 495 g/mol. The number of methoxy groups -OCH3 is 1. The Morgan fingerprint density at radius 3 is 2.38 bits per heavy atom. The molecule has 2 N–H and O–H groups in total. The Bertz CT molecular complexity index is 1170. The molecule has 2 aromatic rings. The average Bonchev–Trinajstić information content (AvgIpc) is 2.76. The number of nitrogens with one attached hydrogen (secondary N) is 2. The Kier molecular flexibility index (Phi) is 9.13. The maximum absolute atomic E-state index is 13.4. The van der Waals surface area contributed by atoms with E-state index in [4.69, 9.17) is 4.74 Å². The number of hydrogen-bond donors (Lipinski definition) is 2. The maximum Gasteiger partial charge on any atom is 0.340 e. The quantitative estimate of drug-likeness (QED) is 0.486. The molecular formula is C23H27FN2O7S. The van der Waals surface area contributed by atoms with Crippen LogP contribution in [-0.2, 0) is 29.1 Å². The van der Waals surface area contributed by atoms with Crippen molar-refractivity contribution in [2.45, 2.75) is 38.1 Å². The van der Waals surface area contributed by atoms with Gasteiger partial charge in [0.25, 0.3) is 15.9 Å². The topological polar surface area (TPSA) is 128 Å². The van der Waals surface area contributed by atoms with Crippen molar-refractivity contribution < 1.29 is 36.7 Å². The van der Waals surface area contributed by atoms with Crippen LogP contribution in [0.4, 0.5) is 10.1 Å². The van der Waals surface area contributed by atoms with Crippen molar-refractivity contribution in [1.82, 2.24) is 5.32 Å². The molecule has 34 heavy (non-hydrogen) atoms. The maximum atomic E-state index is 13.4. The molecule has 2 aromatic carbocycles. The molecule has 1 amide bonds. The van der Waals surface area contributed by atoms with Gasteiger partial charge in [0.05, 0.1) is 23.3 Å². The first kappa shape index (κ1) is 26.8. The fraction of sp³-hybridized carbons (Fsp3) is 0.348. The van der Waals surface area contributed by atoms with E-state index in [-0.39, 0.29) is 27.6 Å². The Labute approximate surface area is 197 Å². The fourth-order valence-corrected chi connectivity index (χ4v) is 4.44. The standard InChI is InChI=1S/C23H27FN2O7S/c1-14(2)11-19(23(29)32-4)25-21(27)13-33-22(28)17-7-5-6-8-18(17)26-34(30,31)20-10-9-16(24)12-15(20)3/h5-10,12,14,19,26H,11,13H2,1-4H3,(H,25,27). The van der Waals surface area contributed by atoms with Crippen molar-refractivity contribution >= 4 is 33.6 Å². The highest BCUT2D eigenvalue weighted by atomic mass is 32.2. The molecule has 1 atom stereocenters. The summed E-state index contributed by atoms with van der Waals surface area (Å²) in [7, 11) is -2.94. The molecule has 0 aliphatic carbocycles. The van der Waals surface area contributed by atoms with Gasteiger partial charge in [-0.15, -0.1) is 0 Å². The third-order valence-electron chi connectivity index (χ3n) is 4.68. The summed E-state index contributed by atoms with van der Waals surface area (Å²) < 4.78 is 50.9. The summed E-state index contributed by atoms with van der Waals surface area (Å²) >= 11 is 0. The monoisotopic (exact) mass is 494 g/mol. The molecule has 0 aromatic heterocycles. The van der Waals surface area contributed by atoms with Gasteiger partial charge in [0.15, 0.2) is 6.61 Å². The lowest BCUT2D eigenvalue weighted by Gasteiger charge is -2.18.